The summed E-state index contributed by atoms with van der Waals surface area (Å²) >= 11 is 12.6. The molecule has 10 heteroatoms. The van der Waals surface area contributed by atoms with Gasteiger partial charge in [-0.2, -0.15) is 5.26 Å². The number of fused-ring (bicyclic) bond motifs is 1. The molecular formula is C32H32Cl2N2O6. The number of esters is 1. The number of unbranched alkanes of at least 4 members (excludes halogenated alkanes) is 1. The molecule has 0 amide bonds. The average molecular weight is 612 g/mol. The minimum Gasteiger partial charge on any atom is -0.490 e. The summed E-state index contributed by atoms with van der Waals surface area (Å²) in [6.07, 6.45) is 2.71. The Labute approximate surface area is 255 Å². The van der Waals surface area contributed by atoms with Crippen LogP contribution in [0.3, 0.4) is 0 Å². The van der Waals surface area contributed by atoms with Crippen LogP contribution in [0.25, 0.3) is 0 Å². The van der Waals surface area contributed by atoms with Crippen LogP contribution in [0.1, 0.15) is 67.4 Å². The summed E-state index contributed by atoms with van der Waals surface area (Å²) in [4.78, 5) is 13.0. The third kappa shape index (κ3) is 6.87. The van der Waals surface area contributed by atoms with Gasteiger partial charge in [0.05, 0.1) is 41.3 Å². The first-order valence-corrected chi connectivity index (χ1v) is 14.5. The van der Waals surface area contributed by atoms with E-state index in [9.17, 15) is 10.1 Å². The molecule has 0 saturated carbocycles. The summed E-state index contributed by atoms with van der Waals surface area (Å²) in [5, 5.41) is 10.4. The lowest BCUT2D eigenvalue weighted by atomic mass is 9.83. The zero-order valence-corrected chi connectivity index (χ0v) is 25.2. The van der Waals surface area contributed by atoms with E-state index in [-0.39, 0.29) is 32.8 Å². The van der Waals surface area contributed by atoms with Crippen LogP contribution in [0, 0.1) is 11.3 Å². The second kappa shape index (κ2) is 14.2. The van der Waals surface area contributed by atoms with Crippen LogP contribution < -0.4 is 29.4 Å². The van der Waals surface area contributed by atoms with E-state index in [4.69, 9.17) is 52.6 Å². The molecule has 0 aliphatic carbocycles. The van der Waals surface area contributed by atoms with E-state index in [1.54, 1.807) is 18.2 Å². The van der Waals surface area contributed by atoms with Gasteiger partial charge >= 0.3 is 5.97 Å². The predicted octanol–water partition coefficient (Wildman–Crippen LogP) is 7.80. The molecule has 0 aromatic heterocycles. The van der Waals surface area contributed by atoms with E-state index in [1.807, 2.05) is 32.0 Å². The number of ether oxygens (including phenoxy) is 5. The number of carbonyl (C=O) groups is 1. The Morgan fingerprint density at radius 2 is 1.71 bits per heavy atom. The summed E-state index contributed by atoms with van der Waals surface area (Å²) in [5.74, 6) is 0.819. The van der Waals surface area contributed by atoms with Crippen molar-refractivity contribution < 1.29 is 28.5 Å². The number of allylic oxidation sites excluding steroid dienone is 1. The van der Waals surface area contributed by atoms with E-state index >= 15 is 0 Å². The number of nitrogens with zero attached hydrogens (tertiary/aromatic N) is 1. The molecule has 0 radical (unpaired) electrons. The predicted molar refractivity (Wildman–Crippen MR) is 161 cm³/mol. The second-order valence-corrected chi connectivity index (χ2v) is 10.3. The quantitative estimate of drug-likeness (QED) is 0.125. The highest BCUT2D eigenvalue weighted by Gasteiger charge is 2.32. The van der Waals surface area contributed by atoms with Gasteiger partial charge in [0.15, 0.2) is 17.2 Å². The van der Waals surface area contributed by atoms with Crippen molar-refractivity contribution in [3.05, 3.63) is 86.7 Å². The maximum Gasteiger partial charge on any atom is 0.343 e. The average Bonchev–Trinajstić information content (AvgIpc) is 2.97. The Kier molecular flexibility index (Phi) is 10.5. The zero-order valence-electron chi connectivity index (χ0n) is 23.7. The van der Waals surface area contributed by atoms with Crippen LogP contribution in [0.15, 0.2) is 60.0 Å². The lowest BCUT2D eigenvalue weighted by Crippen LogP contribution is -2.21. The third-order valence-corrected chi connectivity index (χ3v) is 7.00. The molecule has 1 atom stereocenters. The molecule has 0 fully saturated rings. The Morgan fingerprint density at radius 3 is 2.38 bits per heavy atom. The molecule has 1 aliphatic rings. The highest BCUT2D eigenvalue weighted by molar-refractivity contribution is 6.37. The van der Waals surface area contributed by atoms with Crippen molar-refractivity contribution in [2.45, 2.75) is 46.0 Å². The van der Waals surface area contributed by atoms with E-state index in [1.165, 1.54) is 12.1 Å². The minimum atomic E-state index is -0.672. The van der Waals surface area contributed by atoms with Gasteiger partial charge < -0.3 is 29.4 Å². The van der Waals surface area contributed by atoms with Gasteiger partial charge in [0, 0.05) is 11.6 Å². The van der Waals surface area contributed by atoms with Crippen LogP contribution >= 0.6 is 23.2 Å². The van der Waals surface area contributed by atoms with E-state index in [0.29, 0.717) is 48.4 Å². The molecule has 0 spiro atoms. The van der Waals surface area contributed by atoms with Gasteiger partial charge in [-0.3, -0.25) is 0 Å². The Morgan fingerprint density at radius 1 is 0.952 bits per heavy atom. The van der Waals surface area contributed by atoms with Crippen LogP contribution in [0.2, 0.25) is 10.0 Å². The molecule has 3 aromatic rings. The standard InChI is InChI=1S/C32H32Cl2N2O6/c1-4-7-13-39-26-11-8-19(16-28(26)38-6-3)29-22-10-9-21(17-27(22)42-31(36)23(29)18-35)41-32(37)20-14-24(33)30(25(34)15-20)40-12-5-2/h8-11,14-17,29H,4-7,12-13,36H2,1-3H3. The molecule has 0 bridgehead atoms. The lowest BCUT2D eigenvalue weighted by molar-refractivity contribution is 0.0734. The molecule has 42 heavy (non-hydrogen) atoms. The number of halogens is 2. The van der Waals surface area contributed by atoms with Crippen molar-refractivity contribution >= 4 is 29.2 Å². The van der Waals surface area contributed by atoms with Gasteiger partial charge in [0.1, 0.15) is 23.1 Å². The molecule has 0 saturated heterocycles. The molecule has 3 aromatic carbocycles. The van der Waals surface area contributed by atoms with Crippen molar-refractivity contribution in [3.63, 3.8) is 0 Å². The van der Waals surface area contributed by atoms with Crippen molar-refractivity contribution in [2.75, 3.05) is 19.8 Å². The summed E-state index contributed by atoms with van der Waals surface area (Å²) in [6, 6.07) is 15.5. The molecule has 1 aliphatic heterocycles. The lowest BCUT2D eigenvalue weighted by Gasteiger charge is -2.27. The molecule has 1 heterocycles. The number of hydrogen-bond donors (Lipinski definition) is 1. The monoisotopic (exact) mass is 610 g/mol. The topological polar surface area (TPSA) is 113 Å². The molecular weight excluding hydrogens is 579 g/mol. The maximum absolute atomic E-state index is 13.0. The molecule has 8 nitrogen and oxygen atoms in total. The fraction of sp³-hybridized carbons (Fsp3) is 0.312. The summed E-state index contributed by atoms with van der Waals surface area (Å²) in [5.41, 5.74) is 8.04. The molecule has 1 unspecified atom stereocenters. The largest absolute Gasteiger partial charge is 0.490 e. The first-order valence-electron chi connectivity index (χ1n) is 13.8. The second-order valence-electron chi connectivity index (χ2n) is 9.47. The van der Waals surface area contributed by atoms with Crippen molar-refractivity contribution in [3.8, 4) is 34.8 Å². The number of nitriles is 1. The number of carbonyl (C=O) groups excluding carboxylic acids is 1. The van der Waals surface area contributed by atoms with Crippen LogP contribution in [-0.4, -0.2) is 25.8 Å². The normalized spacial score (nSPS) is 14.0. The zero-order chi connectivity index (χ0) is 30.2. The van der Waals surface area contributed by atoms with Gasteiger partial charge in [-0.25, -0.2) is 4.79 Å². The van der Waals surface area contributed by atoms with Crippen LogP contribution in [0.4, 0.5) is 0 Å². The summed E-state index contributed by atoms with van der Waals surface area (Å²) < 4.78 is 28.8. The highest BCUT2D eigenvalue weighted by Crippen LogP contribution is 2.45. The SMILES string of the molecule is CCCCOc1ccc(C2C(C#N)=C(N)Oc3cc(OC(=O)c4cc(Cl)c(OCCC)c(Cl)c4)ccc32)cc1OCC. The van der Waals surface area contributed by atoms with Crippen molar-refractivity contribution in [1.29, 1.82) is 5.26 Å². The fourth-order valence-electron chi connectivity index (χ4n) is 4.45. The Balaban J connectivity index is 1.63. The first kappa shape index (κ1) is 30.9. The van der Waals surface area contributed by atoms with Gasteiger partial charge in [0.25, 0.3) is 0 Å². The number of benzene rings is 3. The van der Waals surface area contributed by atoms with Crippen LogP contribution in [-0.2, 0) is 0 Å². The Hall–Kier alpha value is -4.06. The first-order chi connectivity index (χ1) is 20.3. The maximum atomic E-state index is 13.0. The van der Waals surface area contributed by atoms with Crippen molar-refractivity contribution in [1.82, 2.24) is 0 Å². The Bertz CT molecular complexity index is 1510. The number of nitrogens with two attached hydrogens (primary N) is 1. The smallest absolute Gasteiger partial charge is 0.343 e. The number of rotatable bonds is 12. The summed E-state index contributed by atoms with van der Waals surface area (Å²) in [7, 11) is 0. The van der Waals surface area contributed by atoms with Gasteiger partial charge in [-0.05, 0) is 55.7 Å². The van der Waals surface area contributed by atoms with Gasteiger partial charge in [0.2, 0.25) is 5.88 Å². The van der Waals surface area contributed by atoms with Gasteiger partial charge in [-0.1, -0.05) is 55.6 Å². The van der Waals surface area contributed by atoms with E-state index < -0.39 is 11.9 Å². The van der Waals surface area contributed by atoms with Crippen LogP contribution in [0.5, 0.6) is 28.7 Å². The minimum absolute atomic E-state index is 0.0408. The molecule has 4 rings (SSSR count). The van der Waals surface area contributed by atoms with E-state index in [2.05, 4.69) is 13.0 Å². The number of hydrogen-bond acceptors (Lipinski definition) is 8. The van der Waals surface area contributed by atoms with Gasteiger partial charge in [-0.15, -0.1) is 0 Å². The van der Waals surface area contributed by atoms with Crippen molar-refractivity contribution in [2.24, 2.45) is 5.73 Å². The summed E-state index contributed by atoms with van der Waals surface area (Å²) in [6.45, 7) is 7.40. The molecule has 2 N–H and O–H groups in total. The molecule has 220 valence electrons. The fourth-order valence-corrected chi connectivity index (χ4v) is 5.04. The van der Waals surface area contributed by atoms with E-state index in [0.717, 1.165) is 24.8 Å². The highest BCUT2D eigenvalue weighted by atomic mass is 35.5. The third-order valence-electron chi connectivity index (χ3n) is 6.44.